The standard InChI is InChI=1S/C12H15N3O2/c16-15(17)9-3-4-11-10(5-9)12(7-14-11)13-6-8-1-2-8/h3-5,8,12-14H,1-2,6-7H2/t12-/m1/s1. The Balaban J connectivity index is 1.78. The molecule has 17 heavy (non-hydrogen) atoms. The first-order valence-corrected chi connectivity index (χ1v) is 5.99. The molecule has 90 valence electrons. The van der Waals surface area contributed by atoms with E-state index in [0.717, 1.165) is 30.3 Å². The summed E-state index contributed by atoms with van der Waals surface area (Å²) in [4.78, 5) is 10.4. The van der Waals surface area contributed by atoms with Crippen LogP contribution in [-0.2, 0) is 0 Å². The summed E-state index contributed by atoms with van der Waals surface area (Å²) in [6.45, 7) is 1.84. The van der Waals surface area contributed by atoms with Gasteiger partial charge in [-0.3, -0.25) is 10.1 Å². The van der Waals surface area contributed by atoms with E-state index in [9.17, 15) is 10.1 Å². The van der Waals surface area contributed by atoms with Crippen LogP contribution in [0.5, 0.6) is 0 Å². The molecule has 1 aromatic rings. The first-order chi connectivity index (χ1) is 8.24. The van der Waals surface area contributed by atoms with Crippen LogP contribution in [0.1, 0.15) is 24.4 Å². The molecule has 1 aromatic carbocycles. The Morgan fingerprint density at radius 1 is 1.47 bits per heavy atom. The van der Waals surface area contributed by atoms with Gasteiger partial charge >= 0.3 is 0 Å². The highest BCUT2D eigenvalue weighted by Crippen LogP contribution is 2.34. The van der Waals surface area contributed by atoms with Crippen molar-refractivity contribution in [2.24, 2.45) is 5.92 Å². The predicted molar refractivity (Wildman–Crippen MR) is 65.1 cm³/mol. The maximum Gasteiger partial charge on any atom is 0.269 e. The third kappa shape index (κ3) is 2.10. The number of anilines is 1. The molecule has 2 N–H and O–H groups in total. The molecule has 0 saturated heterocycles. The van der Waals surface area contributed by atoms with Gasteiger partial charge in [0.1, 0.15) is 0 Å². The minimum atomic E-state index is -0.337. The number of nitrogens with one attached hydrogen (secondary N) is 2. The highest BCUT2D eigenvalue weighted by molar-refractivity contribution is 5.61. The Bertz CT molecular complexity index is 457. The van der Waals surface area contributed by atoms with E-state index in [1.165, 1.54) is 12.8 Å². The number of hydrogen-bond donors (Lipinski definition) is 2. The average molecular weight is 233 g/mol. The minimum Gasteiger partial charge on any atom is -0.383 e. The molecule has 3 rings (SSSR count). The van der Waals surface area contributed by atoms with Crippen molar-refractivity contribution in [1.29, 1.82) is 0 Å². The van der Waals surface area contributed by atoms with Gasteiger partial charge < -0.3 is 10.6 Å². The quantitative estimate of drug-likeness (QED) is 0.617. The van der Waals surface area contributed by atoms with Crippen molar-refractivity contribution in [2.45, 2.75) is 18.9 Å². The second kappa shape index (κ2) is 4.00. The summed E-state index contributed by atoms with van der Waals surface area (Å²) in [6, 6.07) is 5.24. The van der Waals surface area contributed by atoms with Gasteiger partial charge in [-0.15, -0.1) is 0 Å². The van der Waals surface area contributed by atoms with Gasteiger partial charge in [0.25, 0.3) is 5.69 Å². The fourth-order valence-electron chi connectivity index (χ4n) is 2.25. The third-order valence-electron chi connectivity index (χ3n) is 3.47. The molecule has 0 amide bonds. The van der Waals surface area contributed by atoms with E-state index in [2.05, 4.69) is 10.6 Å². The average Bonchev–Trinajstić information content (AvgIpc) is 3.06. The summed E-state index contributed by atoms with van der Waals surface area (Å²) in [6.07, 6.45) is 2.63. The van der Waals surface area contributed by atoms with Gasteiger partial charge in [-0.05, 0) is 31.4 Å². The molecule has 5 nitrogen and oxygen atoms in total. The molecule has 5 heteroatoms. The third-order valence-corrected chi connectivity index (χ3v) is 3.47. The molecule has 1 heterocycles. The lowest BCUT2D eigenvalue weighted by Gasteiger charge is -2.11. The first-order valence-electron chi connectivity index (χ1n) is 5.99. The van der Waals surface area contributed by atoms with E-state index in [0.29, 0.717) is 0 Å². The number of non-ortho nitro benzene ring substituents is 1. The summed E-state index contributed by atoms with van der Waals surface area (Å²) in [5, 5.41) is 17.5. The molecule has 1 saturated carbocycles. The highest BCUT2D eigenvalue weighted by atomic mass is 16.6. The zero-order valence-electron chi connectivity index (χ0n) is 9.48. The number of hydrogen-bond acceptors (Lipinski definition) is 4. The van der Waals surface area contributed by atoms with E-state index >= 15 is 0 Å². The maximum absolute atomic E-state index is 10.7. The zero-order valence-corrected chi connectivity index (χ0v) is 9.48. The van der Waals surface area contributed by atoms with E-state index in [4.69, 9.17) is 0 Å². The van der Waals surface area contributed by atoms with Crippen molar-refractivity contribution in [3.8, 4) is 0 Å². The monoisotopic (exact) mass is 233 g/mol. The number of benzene rings is 1. The summed E-state index contributed by atoms with van der Waals surface area (Å²) in [7, 11) is 0. The van der Waals surface area contributed by atoms with Crippen LogP contribution in [0.25, 0.3) is 0 Å². The lowest BCUT2D eigenvalue weighted by atomic mass is 10.1. The molecule has 0 spiro atoms. The van der Waals surface area contributed by atoms with Crippen LogP contribution in [0.2, 0.25) is 0 Å². The van der Waals surface area contributed by atoms with Crippen LogP contribution in [-0.4, -0.2) is 18.0 Å². The predicted octanol–water partition coefficient (Wildman–Crippen LogP) is 2.06. The zero-order chi connectivity index (χ0) is 11.8. The Morgan fingerprint density at radius 3 is 3.00 bits per heavy atom. The van der Waals surface area contributed by atoms with Crippen molar-refractivity contribution in [2.75, 3.05) is 18.4 Å². The number of rotatable bonds is 4. The molecule has 0 aromatic heterocycles. The lowest BCUT2D eigenvalue weighted by Crippen LogP contribution is -2.24. The van der Waals surface area contributed by atoms with Gasteiger partial charge in [0.15, 0.2) is 0 Å². The van der Waals surface area contributed by atoms with E-state index in [1.54, 1.807) is 18.2 Å². The molecule has 2 aliphatic rings. The molecule has 1 fully saturated rings. The minimum absolute atomic E-state index is 0.172. The van der Waals surface area contributed by atoms with Crippen molar-refractivity contribution >= 4 is 11.4 Å². The molecular formula is C12H15N3O2. The van der Waals surface area contributed by atoms with Gasteiger partial charge in [-0.1, -0.05) is 0 Å². The fraction of sp³-hybridized carbons (Fsp3) is 0.500. The molecule has 1 atom stereocenters. The van der Waals surface area contributed by atoms with Crippen LogP contribution in [0, 0.1) is 16.0 Å². The highest BCUT2D eigenvalue weighted by Gasteiger charge is 2.27. The Hall–Kier alpha value is -1.62. The molecule has 1 aliphatic heterocycles. The van der Waals surface area contributed by atoms with Crippen molar-refractivity contribution in [1.82, 2.24) is 5.32 Å². The Morgan fingerprint density at radius 2 is 2.29 bits per heavy atom. The number of fused-ring (bicyclic) bond motifs is 1. The van der Waals surface area contributed by atoms with E-state index < -0.39 is 0 Å². The van der Waals surface area contributed by atoms with Crippen LogP contribution in [0.3, 0.4) is 0 Å². The van der Waals surface area contributed by atoms with Gasteiger partial charge in [0.2, 0.25) is 0 Å². The first kappa shape index (κ1) is 10.5. The van der Waals surface area contributed by atoms with E-state index in [-0.39, 0.29) is 16.7 Å². The smallest absolute Gasteiger partial charge is 0.269 e. The van der Waals surface area contributed by atoms with E-state index in [1.807, 2.05) is 0 Å². The summed E-state index contributed by atoms with van der Waals surface area (Å²) < 4.78 is 0. The largest absolute Gasteiger partial charge is 0.383 e. The molecule has 0 bridgehead atoms. The van der Waals surface area contributed by atoms with Crippen LogP contribution in [0.4, 0.5) is 11.4 Å². The molecule has 0 radical (unpaired) electrons. The van der Waals surface area contributed by atoms with Gasteiger partial charge in [0, 0.05) is 29.9 Å². The number of nitro groups is 1. The van der Waals surface area contributed by atoms with Gasteiger partial charge in [-0.2, -0.15) is 0 Å². The number of nitro benzene ring substituents is 1. The molecule has 1 aliphatic carbocycles. The second-order valence-corrected chi connectivity index (χ2v) is 4.81. The topological polar surface area (TPSA) is 67.2 Å². The molecule has 0 unspecified atom stereocenters. The fourth-order valence-corrected chi connectivity index (χ4v) is 2.25. The molecular weight excluding hydrogens is 218 g/mol. The number of nitrogens with zero attached hydrogens (tertiary/aromatic N) is 1. The summed E-state index contributed by atoms with van der Waals surface area (Å²) in [5.41, 5.74) is 2.22. The van der Waals surface area contributed by atoms with Crippen molar-refractivity contribution in [3.05, 3.63) is 33.9 Å². The van der Waals surface area contributed by atoms with Crippen molar-refractivity contribution < 1.29 is 4.92 Å². The van der Waals surface area contributed by atoms with Crippen LogP contribution < -0.4 is 10.6 Å². The Kier molecular flexibility index (Phi) is 2.48. The SMILES string of the molecule is O=[N+]([O-])c1ccc2c(c1)[C@H](NCC1CC1)CN2. The van der Waals surface area contributed by atoms with Gasteiger partial charge in [-0.25, -0.2) is 0 Å². The second-order valence-electron chi connectivity index (χ2n) is 4.81. The van der Waals surface area contributed by atoms with Crippen LogP contribution in [0.15, 0.2) is 18.2 Å². The van der Waals surface area contributed by atoms with Crippen LogP contribution >= 0.6 is 0 Å². The summed E-state index contributed by atoms with van der Waals surface area (Å²) in [5.74, 6) is 0.817. The van der Waals surface area contributed by atoms with Gasteiger partial charge in [0.05, 0.1) is 11.0 Å². The normalized spacial score (nSPS) is 22.0. The Labute approximate surface area is 99.4 Å². The lowest BCUT2D eigenvalue weighted by molar-refractivity contribution is -0.384. The summed E-state index contributed by atoms with van der Waals surface area (Å²) >= 11 is 0. The maximum atomic E-state index is 10.7. The van der Waals surface area contributed by atoms with Crippen molar-refractivity contribution in [3.63, 3.8) is 0 Å².